The predicted molar refractivity (Wildman–Crippen MR) is 242 cm³/mol. The van der Waals surface area contributed by atoms with Gasteiger partial charge in [-0.05, 0) is 24.7 Å². The van der Waals surface area contributed by atoms with Gasteiger partial charge in [0.15, 0.2) is 0 Å². The predicted octanol–water partition coefficient (Wildman–Crippen LogP) is 9.86. The fraction of sp³-hybridized carbons (Fsp3) is 0.840. The minimum atomic E-state index is 0. The number of carbonyl (C=O) groups is 2. The van der Waals surface area contributed by atoms with Crippen molar-refractivity contribution < 1.29 is 31.6 Å². The van der Waals surface area contributed by atoms with Crippen LogP contribution in [-0.4, -0.2) is 60.7 Å². The molecule has 6 nitrogen and oxygen atoms in total. The Morgan fingerprint density at radius 3 is 1.25 bits per heavy atom. The van der Waals surface area contributed by atoms with E-state index in [-0.39, 0.29) is 30.8 Å². The number of benzene rings is 1. The van der Waals surface area contributed by atoms with Gasteiger partial charge < -0.3 is 32.6 Å². The molecule has 1 aromatic carbocycles. The Morgan fingerprint density at radius 2 is 0.860 bits per heavy atom. The largest absolute Gasteiger partial charge is 1.00 e. The summed E-state index contributed by atoms with van der Waals surface area (Å²) in [6, 6.07) is 10.5. The van der Waals surface area contributed by atoms with Gasteiger partial charge in [0.2, 0.25) is 11.8 Å². The molecule has 0 aliphatic heterocycles. The van der Waals surface area contributed by atoms with E-state index in [0.717, 1.165) is 63.6 Å². The maximum Gasteiger partial charge on any atom is 0.220 e. The maximum atomic E-state index is 12.7. The number of halogens is 1. The average Bonchev–Trinajstić information content (AvgIpc) is 3.17. The van der Waals surface area contributed by atoms with Gasteiger partial charge in [0.25, 0.3) is 0 Å². The number of unbranched alkanes of at least 4 members (excludes halogenated alkanes) is 22. The van der Waals surface area contributed by atoms with E-state index in [4.69, 9.17) is 0 Å². The molecule has 334 valence electrons. The van der Waals surface area contributed by atoms with Crippen molar-refractivity contribution >= 4 is 11.8 Å². The standard InChI is InChI=1S/C50H93N3O3.ClH/c1-46(2)33-26-21-17-13-9-5-7-11-15-19-23-30-37-49(55)51-39-32-41-53(43-44-54,45-48-35-28-25-29-36-48)42-40-52-50(56)38-31-24-20-16-12-8-6-10-14-18-22-27-34-47(3)4;/h25,28-29,35-36,46-47,54H,5-24,26-27,30-34,37-45H2,1-4H3,(H-,51,52,55,56);1H. The first-order chi connectivity index (χ1) is 27.3. The Morgan fingerprint density at radius 1 is 0.491 bits per heavy atom. The van der Waals surface area contributed by atoms with Gasteiger partial charge in [-0.3, -0.25) is 9.59 Å². The van der Waals surface area contributed by atoms with E-state index < -0.39 is 0 Å². The molecule has 0 aliphatic rings. The van der Waals surface area contributed by atoms with Crippen molar-refractivity contribution in [1.29, 1.82) is 0 Å². The molecule has 0 fully saturated rings. The second kappa shape index (κ2) is 39.8. The number of amides is 2. The van der Waals surface area contributed by atoms with Crippen LogP contribution in [0.3, 0.4) is 0 Å². The molecule has 3 N–H and O–H groups in total. The van der Waals surface area contributed by atoms with Gasteiger partial charge in [0.05, 0.1) is 26.2 Å². The molecule has 1 rings (SSSR count). The molecule has 57 heavy (non-hydrogen) atoms. The summed E-state index contributed by atoms with van der Waals surface area (Å²) in [5.41, 5.74) is 1.24. The third-order valence-electron chi connectivity index (χ3n) is 11.8. The second-order valence-electron chi connectivity index (χ2n) is 18.3. The van der Waals surface area contributed by atoms with Crippen LogP contribution in [-0.2, 0) is 16.1 Å². The lowest BCUT2D eigenvalue weighted by molar-refractivity contribution is -0.940. The third kappa shape index (κ3) is 36.0. The van der Waals surface area contributed by atoms with E-state index in [1.165, 1.54) is 147 Å². The van der Waals surface area contributed by atoms with E-state index >= 15 is 0 Å². The fourth-order valence-corrected chi connectivity index (χ4v) is 8.22. The van der Waals surface area contributed by atoms with Crippen LogP contribution < -0.4 is 23.0 Å². The zero-order valence-electron chi connectivity index (χ0n) is 38.1. The highest BCUT2D eigenvalue weighted by atomic mass is 35.5. The van der Waals surface area contributed by atoms with Crippen LogP contribution in [0.4, 0.5) is 0 Å². The second-order valence-corrected chi connectivity index (χ2v) is 18.3. The highest BCUT2D eigenvalue weighted by Crippen LogP contribution is 2.18. The number of nitrogens with zero attached hydrogens (tertiary/aromatic N) is 1. The average molecular weight is 821 g/mol. The van der Waals surface area contributed by atoms with Gasteiger partial charge in [-0.15, -0.1) is 0 Å². The van der Waals surface area contributed by atoms with Gasteiger partial charge in [0, 0.05) is 31.4 Å². The van der Waals surface area contributed by atoms with E-state index in [1.807, 2.05) is 6.07 Å². The topological polar surface area (TPSA) is 78.4 Å². The summed E-state index contributed by atoms with van der Waals surface area (Å²) in [4.78, 5) is 25.4. The Labute approximate surface area is 360 Å². The molecular formula is C50H94ClN3O3. The van der Waals surface area contributed by atoms with Gasteiger partial charge in [0.1, 0.15) is 13.1 Å². The van der Waals surface area contributed by atoms with Gasteiger partial charge in [-0.2, -0.15) is 0 Å². The van der Waals surface area contributed by atoms with Crippen molar-refractivity contribution in [2.24, 2.45) is 11.8 Å². The number of aliphatic hydroxyl groups excluding tert-OH is 1. The molecule has 2 amide bonds. The number of quaternary nitrogens is 1. The lowest BCUT2D eigenvalue weighted by Crippen LogP contribution is -3.00. The van der Waals surface area contributed by atoms with E-state index in [0.29, 0.717) is 37.0 Å². The van der Waals surface area contributed by atoms with Crippen LogP contribution in [0.5, 0.6) is 0 Å². The van der Waals surface area contributed by atoms with Crippen LogP contribution in [0, 0.1) is 11.8 Å². The van der Waals surface area contributed by atoms with Crippen LogP contribution in [0.1, 0.15) is 219 Å². The summed E-state index contributed by atoms with van der Waals surface area (Å²) in [6.45, 7) is 13.7. The highest BCUT2D eigenvalue weighted by Gasteiger charge is 2.27. The summed E-state index contributed by atoms with van der Waals surface area (Å²) >= 11 is 0. The number of hydrogen-bond donors (Lipinski definition) is 3. The van der Waals surface area contributed by atoms with Gasteiger partial charge in [-0.1, -0.05) is 212 Å². The maximum absolute atomic E-state index is 12.7. The lowest BCUT2D eigenvalue weighted by Gasteiger charge is -2.39. The molecule has 0 aromatic heterocycles. The number of aliphatic hydroxyl groups is 1. The van der Waals surface area contributed by atoms with Crippen LogP contribution in [0.2, 0.25) is 0 Å². The van der Waals surface area contributed by atoms with Crippen molar-refractivity contribution in [3.63, 3.8) is 0 Å². The molecule has 0 radical (unpaired) electrons. The van der Waals surface area contributed by atoms with Crippen LogP contribution >= 0.6 is 0 Å². The minimum Gasteiger partial charge on any atom is -1.00 e. The number of carbonyl (C=O) groups excluding carboxylic acids is 2. The van der Waals surface area contributed by atoms with Crippen molar-refractivity contribution in [3.8, 4) is 0 Å². The first-order valence-corrected chi connectivity index (χ1v) is 24.3. The van der Waals surface area contributed by atoms with E-state index in [1.54, 1.807) is 0 Å². The summed E-state index contributed by atoms with van der Waals surface area (Å²) in [7, 11) is 0. The number of rotatable bonds is 41. The lowest BCUT2D eigenvalue weighted by atomic mass is 10.0. The van der Waals surface area contributed by atoms with Crippen molar-refractivity contribution in [2.45, 2.75) is 220 Å². The van der Waals surface area contributed by atoms with Gasteiger partial charge in [-0.25, -0.2) is 0 Å². The Bertz CT molecular complexity index is 1020. The zero-order chi connectivity index (χ0) is 40.8. The SMILES string of the molecule is CC(C)CCCCCCCCCCCCCCC(=O)NCCC[N+](CCO)(CCNC(=O)CCCCCCCCCCCCCCC(C)C)Cc1ccccc1.[Cl-]. The number of nitrogens with one attached hydrogen (secondary N) is 2. The Kier molecular flexibility index (Phi) is 38.7. The van der Waals surface area contributed by atoms with Crippen molar-refractivity contribution in [3.05, 3.63) is 35.9 Å². The van der Waals surface area contributed by atoms with Crippen molar-refractivity contribution in [2.75, 3.05) is 39.3 Å². The van der Waals surface area contributed by atoms with Crippen LogP contribution in [0.15, 0.2) is 30.3 Å². The molecule has 0 heterocycles. The Hall–Kier alpha value is -1.63. The molecule has 1 atom stereocenters. The normalized spacial score (nSPS) is 12.5. The molecule has 0 spiro atoms. The summed E-state index contributed by atoms with van der Waals surface area (Å²) < 4.78 is 0.701. The van der Waals surface area contributed by atoms with E-state index in [9.17, 15) is 14.7 Å². The minimum absolute atomic E-state index is 0. The summed E-state index contributed by atoms with van der Waals surface area (Å²) in [5, 5.41) is 16.5. The molecule has 1 unspecified atom stereocenters. The van der Waals surface area contributed by atoms with Crippen LogP contribution in [0.25, 0.3) is 0 Å². The summed E-state index contributed by atoms with van der Waals surface area (Å²) in [6.07, 6.45) is 36.2. The quantitative estimate of drug-likeness (QED) is 0.0455. The highest BCUT2D eigenvalue weighted by molar-refractivity contribution is 5.76. The molecule has 0 saturated carbocycles. The molecule has 0 aliphatic carbocycles. The smallest absolute Gasteiger partial charge is 0.220 e. The molecular weight excluding hydrogens is 726 g/mol. The van der Waals surface area contributed by atoms with E-state index in [2.05, 4.69) is 62.6 Å². The first-order valence-electron chi connectivity index (χ1n) is 24.3. The first kappa shape index (κ1) is 55.4. The third-order valence-corrected chi connectivity index (χ3v) is 11.8. The number of hydrogen-bond acceptors (Lipinski definition) is 3. The molecule has 0 bridgehead atoms. The fourth-order valence-electron chi connectivity index (χ4n) is 8.22. The molecule has 7 heteroatoms. The monoisotopic (exact) mass is 820 g/mol. The summed E-state index contributed by atoms with van der Waals surface area (Å²) in [5.74, 6) is 2.00. The molecule has 0 saturated heterocycles. The molecule has 1 aromatic rings. The Balaban J connectivity index is 0.0000314. The zero-order valence-corrected chi connectivity index (χ0v) is 38.8. The van der Waals surface area contributed by atoms with Gasteiger partial charge >= 0.3 is 0 Å². The van der Waals surface area contributed by atoms with Crippen molar-refractivity contribution in [1.82, 2.24) is 10.6 Å².